The average Bonchev–Trinajstić information content (AvgIpc) is 3.00. The third-order valence-corrected chi connectivity index (χ3v) is 5.59. The monoisotopic (exact) mass is 277 g/mol. The van der Waals surface area contributed by atoms with Crippen LogP contribution in [0.25, 0.3) is 0 Å². The number of hydrogen-bond donors (Lipinski definition) is 1. The zero-order valence-electron chi connectivity index (χ0n) is 10.5. The minimum Gasteiger partial charge on any atom is -0.391 e. The maximum Gasteiger partial charge on any atom is 0.152 e. The number of aldehydes is 1. The van der Waals surface area contributed by atoms with Crippen LogP contribution in [-0.2, 0) is 0 Å². The molecule has 0 amide bonds. The molecule has 2 bridgehead atoms. The predicted molar refractivity (Wildman–Crippen MR) is 73.7 cm³/mol. The minimum absolute atomic E-state index is 0.155. The van der Waals surface area contributed by atoms with E-state index in [0.717, 1.165) is 31.4 Å². The molecule has 2 aliphatic carbocycles. The number of benzene rings is 1. The molecule has 0 spiro atoms. The molecule has 3 fully saturated rings. The highest BCUT2D eigenvalue weighted by Crippen LogP contribution is 2.56. The van der Waals surface area contributed by atoms with Gasteiger partial charge in [-0.25, -0.2) is 0 Å². The molecular formula is C15H16ClNO2. The van der Waals surface area contributed by atoms with Crippen LogP contribution in [-0.4, -0.2) is 30.1 Å². The molecule has 2 saturated carbocycles. The summed E-state index contributed by atoms with van der Waals surface area (Å²) in [5.74, 6) is 1.69. The molecule has 4 heteroatoms. The number of rotatable bonds is 2. The Morgan fingerprint density at radius 1 is 1.32 bits per heavy atom. The smallest absolute Gasteiger partial charge is 0.152 e. The molecule has 5 atom stereocenters. The number of hydrogen-bond acceptors (Lipinski definition) is 3. The second-order valence-electron chi connectivity index (χ2n) is 6.08. The number of carbonyl (C=O) groups is 1. The van der Waals surface area contributed by atoms with E-state index in [1.165, 1.54) is 0 Å². The summed E-state index contributed by atoms with van der Waals surface area (Å²) in [5, 5.41) is 11.0. The fourth-order valence-corrected chi connectivity index (χ4v) is 4.89. The van der Waals surface area contributed by atoms with Crippen LogP contribution in [0.2, 0.25) is 5.02 Å². The number of halogens is 1. The summed E-state index contributed by atoms with van der Waals surface area (Å²) in [6.45, 7) is 0.924. The lowest BCUT2D eigenvalue weighted by Crippen LogP contribution is -2.41. The lowest BCUT2D eigenvalue weighted by Gasteiger charge is -2.31. The van der Waals surface area contributed by atoms with E-state index in [0.29, 0.717) is 28.3 Å². The second kappa shape index (κ2) is 3.97. The van der Waals surface area contributed by atoms with Gasteiger partial charge in [-0.2, -0.15) is 0 Å². The molecule has 1 heterocycles. The highest BCUT2D eigenvalue weighted by Gasteiger charge is 2.59. The molecule has 1 aromatic rings. The van der Waals surface area contributed by atoms with Crippen LogP contribution in [0.15, 0.2) is 18.2 Å². The molecule has 19 heavy (non-hydrogen) atoms. The third-order valence-electron chi connectivity index (χ3n) is 5.28. The van der Waals surface area contributed by atoms with Crippen molar-refractivity contribution in [3.05, 3.63) is 28.8 Å². The SMILES string of the molecule is O=Cc1cccc(Cl)c1N1CC2CC3CC2C1C3O. The van der Waals surface area contributed by atoms with E-state index in [-0.39, 0.29) is 12.1 Å². The van der Waals surface area contributed by atoms with E-state index in [9.17, 15) is 9.90 Å². The van der Waals surface area contributed by atoms with Crippen LogP contribution in [0.5, 0.6) is 0 Å². The van der Waals surface area contributed by atoms with Gasteiger partial charge in [0.2, 0.25) is 0 Å². The first-order valence-corrected chi connectivity index (χ1v) is 7.27. The summed E-state index contributed by atoms with van der Waals surface area (Å²) < 4.78 is 0. The first kappa shape index (κ1) is 11.7. The summed E-state index contributed by atoms with van der Waals surface area (Å²) in [4.78, 5) is 13.4. The Morgan fingerprint density at radius 2 is 2.16 bits per heavy atom. The molecule has 1 aromatic carbocycles. The zero-order chi connectivity index (χ0) is 13.1. The highest BCUT2D eigenvalue weighted by atomic mass is 35.5. The maximum absolute atomic E-state index is 11.3. The molecule has 3 aliphatic rings. The van der Waals surface area contributed by atoms with E-state index in [2.05, 4.69) is 4.90 Å². The van der Waals surface area contributed by atoms with Crippen molar-refractivity contribution in [2.75, 3.05) is 11.4 Å². The topological polar surface area (TPSA) is 40.5 Å². The van der Waals surface area contributed by atoms with Crippen molar-refractivity contribution in [1.29, 1.82) is 0 Å². The van der Waals surface area contributed by atoms with Gasteiger partial charge in [0, 0.05) is 12.1 Å². The van der Waals surface area contributed by atoms with Crippen molar-refractivity contribution in [2.24, 2.45) is 17.8 Å². The van der Waals surface area contributed by atoms with E-state index < -0.39 is 0 Å². The quantitative estimate of drug-likeness (QED) is 0.844. The number of fused-ring (bicyclic) bond motifs is 1. The number of para-hydroxylation sites is 1. The van der Waals surface area contributed by atoms with E-state index in [1.807, 2.05) is 6.07 Å². The van der Waals surface area contributed by atoms with E-state index in [1.54, 1.807) is 12.1 Å². The van der Waals surface area contributed by atoms with Gasteiger partial charge in [0.1, 0.15) is 0 Å². The number of aliphatic hydroxyl groups is 1. The molecule has 0 aromatic heterocycles. The van der Waals surface area contributed by atoms with Gasteiger partial charge in [-0.15, -0.1) is 0 Å². The molecule has 1 N–H and O–H groups in total. The molecular weight excluding hydrogens is 262 g/mol. The summed E-state index contributed by atoms with van der Waals surface area (Å²) >= 11 is 6.31. The third kappa shape index (κ3) is 1.46. The fourth-order valence-electron chi connectivity index (χ4n) is 4.60. The minimum atomic E-state index is -0.264. The molecule has 1 aliphatic heterocycles. The van der Waals surface area contributed by atoms with Crippen LogP contribution in [0.4, 0.5) is 5.69 Å². The van der Waals surface area contributed by atoms with Gasteiger partial charge in [-0.3, -0.25) is 4.79 Å². The van der Waals surface area contributed by atoms with Gasteiger partial charge in [0.05, 0.1) is 22.9 Å². The number of nitrogens with zero attached hydrogens (tertiary/aromatic N) is 1. The largest absolute Gasteiger partial charge is 0.391 e. The number of carbonyl (C=O) groups excluding carboxylic acids is 1. The normalized spacial score (nSPS) is 39.1. The molecule has 4 rings (SSSR count). The number of anilines is 1. The Kier molecular flexibility index (Phi) is 2.45. The Morgan fingerprint density at radius 3 is 2.89 bits per heavy atom. The van der Waals surface area contributed by atoms with Crippen molar-refractivity contribution in [3.63, 3.8) is 0 Å². The molecule has 3 nitrogen and oxygen atoms in total. The van der Waals surface area contributed by atoms with Crippen LogP contribution < -0.4 is 4.90 Å². The van der Waals surface area contributed by atoms with Gasteiger partial charge in [0.25, 0.3) is 0 Å². The summed E-state index contributed by atoms with van der Waals surface area (Å²) in [6, 6.07) is 5.58. The summed E-state index contributed by atoms with van der Waals surface area (Å²) in [6.07, 6.45) is 2.85. The first-order valence-electron chi connectivity index (χ1n) is 6.89. The second-order valence-corrected chi connectivity index (χ2v) is 6.49. The van der Waals surface area contributed by atoms with Crippen LogP contribution in [0.1, 0.15) is 23.2 Å². The zero-order valence-corrected chi connectivity index (χ0v) is 11.3. The van der Waals surface area contributed by atoms with Gasteiger partial charge >= 0.3 is 0 Å². The molecule has 5 unspecified atom stereocenters. The maximum atomic E-state index is 11.3. The fraction of sp³-hybridized carbons (Fsp3) is 0.533. The van der Waals surface area contributed by atoms with Crippen LogP contribution >= 0.6 is 11.6 Å². The average molecular weight is 278 g/mol. The predicted octanol–water partition coefficient (Wildman–Crippen LogP) is 2.36. The molecule has 100 valence electrons. The van der Waals surface area contributed by atoms with Crippen molar-refractivity contribution in [2.45, 2.75) is 25.0 Å². The van der Waals surface area contributed by atoms with Crippen LogP contribution in [0, 0.1) is 17.8 Å². The van der Waals surface area contributed by atoms with Crippen molar-refractivity contribution in [3.8, 4) is 0 Å². The van der Waals surface area contributed by atoms with Gasteiger partial charge in [-0.05, 0) is 42.7 Å². The van der Waals surface area contributed by atoms with Gasteiger partial charge in [0.15, 0.2) is 6.29 Å². The van der Waals surface area contributed by atoms with Crippen molar-refractivity contribution < 1.29 is 9.90 Å². The number of aliphatic hydroxyl groups excluding tert-OH is 1. The highest BCUT2D eigenvalue weighted by molar-refractivity contribution is 6.34. The Hall–Kier alpha value is -1.06. The lowest BCUT2D eigenvalue weighted by molar-refractivity contribution is 0.0965. The van der Waals surface area contributed by atoms with Crippen LogP contribution in [0.3, 0.4) is 0 Å². The first-order chi connectivity index (χ1) is 9.20. The Labute approximate surface area is 117 Å². The van der Waals surface area contributed by atoms with Crippen molar-refractivity contribution >= 4 is 23.6 Å². The summed E-state index contributed by atoms with van der Waals surface area (Å²) in [7, 11) is 0. The molecule has 0 radical (unpaired) electrons. The van der Waals surface area contributed by atoms with Gasteiger partial charge in [-0.1, -0.05) is 17.7 Å². The van der Waals surface area contributed by atoms with Gasteiger partial charge < -0.3 is 10.0 Å². The van der Waals surface area contributed by atoms with E-state index >= 15 is 0 Å². The van der Waals surface area contributed by atoms with Crippen molar-refractivity contribution in [1.82, 2.24) is 0 Å². The molecule has 1 saturated heterocycles. The van der Waals surface area contributed by atoms with E-state index in [4.69, 9.17) is 11.6 Å². The summed E-state index contributed by atoms with van der Waals surface area (Å²) in [5.41, 5.74) is 1.45. The Balaban J connectivity index is 1.80. The standard InChI is InChI=1S/C15H16ClNO2/c16-12-3-1-2-8(7-18)13(12)17-6-10-4-9-5-11(10)14(17)15(9)19/h1-3,7,9-11,14-15,19H,4-6H2. The lowest BCUT2D eigenvalue weighted by atomic mass is 9.88. The Bertz CT molecular complexity index is 545.